The van der Waals surface area contributed by atoms with Crippen molar-refractivity contribution in [1.29, 1.82) is 0 Å². The number of likely N-dealkylation sites (N-methyl/N-ethyl adjacent to an activating group) is 1. The summed E-state index contributed by atoms with van der Waals surface area (Å²) >= 11 is 0. The molecule has 0 amide bonds. The number of rotatable bonds is 8. The molecule has 1 unspecified atom stereocenters. The molecule has 0 heterocycles. The van der Waals surface area contributed by atoms with Gasteiger partial charge in [-0.05, 0) is 45.2 Å². The zero-order chi connectivity index (χ0) is 15.0. The van der Waals surface area contributed by atoms with E-state index in [0.29, 0.717) is 18.8 Å². The van der Waals surface area contributed by atoms with Crippen LogP contribution in [0.3, 0.4) is 0 Å². The van der Waals surface area contributed by atoms with Gasteiger partial charge in [0.25, 0.3) is 0 Å². The fraction of sp³-hybridized carbons (Fsp3) is 0.467. The van der Waals surface area contributed by atoms with Crippen molar-refractivity contribution in [2.45, 2.75) is 26.3 Å². The monoisotopic (exact) mass is 279 g/mol. The quantitative estimate of drug-likeness (QED) is 0.581. The van der Waals surface area contributed by atoms with Gasteiger partial charge in [0.15, 0.2) is 5.78 Å². The lowest BCUT2D eigenvalue weighted by Gasteiger charge is -2.14. The van der Waals surface area contributed by atoms with Crippen molar-refractivity contribution in [2.75, 3.05) is 20.3 Å². The Morgan fingerprint density at radius 3 is 2.30 bits per heavy atom. The normalized spacial score (nSPS) is 11.8. The summed E-state index contributed by atoms with van der Waals surface area (Å²) in [4.78, 5) is 23.7. The van der Waals surface area contributed by atoms with Gasteiger partial charge < -0.3 is 14.8 Å². The lowest BCUT2D eigenvalue weighted by atomic mass is 10.0. The third-order valence-electron chi connectivity index (χ3n) is 2.79. The van der Waals surface area contributed by atoms with E-state index in [1.54, 1.807) is 38.2 Å². The molecule has 0 saturated heterocycles. The summed E-state index contributed by atoms with van der Waals surface area (Å²) in [6.45, 7) is 4.53. The van der Waals surface area contributed by atoms with E-state index in [0.717, 1.165) is 5.75 Å². The Morgan fingerprint density at radius 2 is 1.80 bits per heavy atom. The number of hydrogen-bond acceptors (Lipinski definition) is 5. The number of Topliss-reactive ketones (excluding diaryl/α,β-unsaturated/α-hetero) is 1. The minimum atomic E-state index is -0.577. The second kappa shape index (κ2) is 8.32. The van der Waals surface area contributed by atoms with Crippen molar-refractivity contribution in [1.82, 2.24) is 5.32 Å². The second-order valence-corrected chi connectivity index (χ2v) is 4.17. The maximum absolute atomic E-state index is 12.3. The predicted molar refractivity (Wildman–Crippen MR) is 76.0 cm³/mol. The summed E-state index contributed by atoms with van der Waals surface area (Å²) in [5, 5.41) is 2.85. The van der Waals surface area contributed by atoms with Crippen LogP contribution in [0.15, 0.2) is 24.3 Å². The van der Waals surface area contributed by atoms with Crippen LogP contribution in [0, 0.1) is 0 Å². The Kier molecular flexibility index (Phi) is 6.73. The van der Waals surface area contributed by atoms with Gasteiger partial charge in [-0.2, -0.15) is 0 Å². The molecule has 5 nitrogen and oxygen atoms in total. The first-order valence-electron chi connectivity index (χ1n) is 6.72. The fourth-order valence-corrected chi connectivity index (χ4v) is 1.80. The van der Waals surface area contributed by atoms with E-state index in [2.05, 4.69) is 5.32 Å². The number of nitrogens with one attached hydrogen (secondary N) is 1. The third-order valence-corrected chi connectivity index (χ3v) is 2.79. The number of ketones is 1. The molecule has 0 fully saturated rings. The molecule has 0 radical (unpaired) electrons. The first-order chi connectivity index (χ1) is 9.62. The summed E-state index contributed by atoms with van der Waals surface area (Å²) < 4.78 is 10.2. The van der Waals surface area contributed by atoms with E-state index in [9.17, 15) is 9.59 Å². The van der Waals surface area contributed by atoms with Crippen LogP contribution in [0.1, 0.15) is 30.6 Å². The molecular weight excluding hydrogens is 258 g/mol. The average Bonchev–Trinajstić information content (AvgIpc) is 2.45. The van der Waals surface area contributed by atoms with Crippen LogP contribution in [0.25, 0.3) is 0 Å². The van der Waals surface area contributed by atoms with Gasteiger partial charge in [-0.3, -0.25) is 9.59 Å². The van der Waals surface area contributed by atoms with Gasteiger partial charge in [-0.1, -0.05) is 0 Å². The maximum atomic E-state index is 12.3. The highest BCUT2D eigenvalue weighted by Gasteiger charge is 2.22. The fourth-order valence-electron chi connectivity index (χ4n) is 1.80. The molecule has 0 aromatic heterocycles. The largest absolute Gasteiger partial charge is 0.494 e. The van der Waals surface area contributed by atoms with E-state index in [1.807, 2.05) is 6.92 Å². The summed E-state index contributed by atoms with van der Waals surface area (Å²) in [6.07, 6.45) is 0.0242. The summed E-state index contributed by atoms with van der Waals surface area (Å²) in [6, 6.07) is 6.31. The molecule has 110 valence electrons. The van der Waals surface area contributed by atoms with Gasteiger partial charge in [0.05, 0.1) is 25.7 Å². The molecule has 1 rings (SSSR count). The lowest BCUT2D eigenvalue weighted by Crippen LogP contribution is -2.36. The Hall–Kier alpha value is -1.88. The van der Waals surface area contributed by atoms with Crippen molar-refractivity contribution in [3.8, 4) is 5.75 Å². The molecule has 1 atom stereocenters. The summed E-state index contributed by atoms with van der Waals surface area (Å²) in [7, 11) is 1.65. The van der Waals surface area contributed by atoms with Gasteiger partial charge in [-0.25, -0.2) is 0 Å². The number of hydrogen-bond donors (Lipinski definition) is 1. The minimum absolute atomic E-state index is 0.0242. The first kappa shape index (κ1) is 16.2. The van der Waals surface area contributed by atoms with Crippen molar-refractivity contribution < 1.29 is 19.1 Å². The van der Waals surface area contributed by atoms with E-state index in [1.165, 1.54) is 0 Å². The zero-order valence-corrected chi connectivity index (χ0v) is 12.1. The molecule has 0 aliphatic carbocycles. The van der Waals surface area contributed by atoms with E-state index in [-0.39, 0.29) is 18.2 Å². The van der Waals surface area contributed by atoms with Gasteiger partial charge in [0.1, 0.15) is 5.75 Å². The Bertz CT molecular complexity index is 442. The smallest absolute Gasteiger partial charge is 0.307 e. The van der Waals surface area contributed by atoms with Crippen LogP contribution >= 0.6 is 0 Å². The predicted octanol–water partition coefficient (Wildman–Crippen LogP) is 1.81. The van der Waals surface area contributed by atoms with E-state index >= 15 is 0 Å². The molecule has 0 aliphatic heterocycles. The molecule has 0 spiro atoms. The second-order valence-electron chi connectivity index (χ2n) is 4.17. The number of benzene rings is 1. The molecule has 0 saturated carbocycles. The number of carbonyl (C=O) groups is 2. The maximum Gasteiger partial charge on any atom is 0.307 e. The van der Waals surface area contributed by atoms with Gasteiger partial charge >= 0.3 is 5.97 Å². The van der Waals surface area contributed by atoms with Crippen LogP contribution < -0.4 is 10.1 Å². The number of ether oxygens (including phenoxy) is 2. The minimum Gasteiger partial charge on any atom is -0.494 e. The highest BCUT2D eigenvalue weighted by atomic mass is 16.5. The molecule has 0 bridgehead atoms. The standard InChI is InChI=1S/C15H21NO4/c1-4-19-12-8-6-11(7-9-12)15(18)13(16-3)10-14(17)20-5-2/h6-9,13,16H,4-5,10H2,1-3H3. The highest BCUT2D eigenvalue weighted by molar-refractivity contribution is 6.01. The Morgan fingerprint density at radius 1 is 1.15 bits per heavy atom. The van der Waals surface area contributed by atoms with Gasteiger partial charge in [0.2, 0.25) is 0 Å². The Balaban J connectivity index is 2.72. The molecule has 1 aromatic rings. The van der Waals surface area contributed by atoms with Crippen molar-refractivity contribution >= 4 is 11.8 Å². The number of carbonyl (C=O) groups excluding carboxylic acids is 2. The molecule has 0 aliphatic rings. The summed E-state index contributed by atoms with van der Waals surface area (Å²) in [5.41, 5.74) is 0.539. The third kappa shape index (κ3) is 4.66. The molecule has 1 N–H and O–H groups in total. The number of esters is 1. The Labute approximate surface area is 119 Å². The molecule has 20 heavy (non-hydrogen) atoms. The average molecular weight is 279 g/mol. The van der Waals surface area contributed by atoms with Crippen molar-refractivity contribution in [2.24, 2.45) is 0 Å². The summed E-state index contributed by atoms with van der Waals surface area (Å²) in [5.74, 6) is 0.199. The highest BCUT2D eigenvalue weighted by Crippen LogP contribution is 2.14. The topological polar surface area (TPSA) is 64.6 Å². The molecule has 5 heteroatoms. The zero-order valence-electron chi connectivity index (χ0n) is 12.1. The van der Waals surface area contributed by atoms with Crippen LogP contribution in [0.4, 0.5) is 0 Å². The van der Waals surface area contributed by atoms with Crippen LogP contribution in [-0.2, 0) is 9.53 Å². The van der Waals surface area contributed by atoms with E-state index in [4.69, 9.17) is 9.47 Å². The molecule has 1 aromatic carbocycles. The van der Waals surface area contributed by atoms with Crippen molar-refractivity contribution in [3.63, 3.8) is 0 Å². The van der Waals surface area contributed by atoms with Crippen LogP contribution in [-0.4, -0.2) is 38.1 Å². The van der Waals surface area contributed by atoms with Crippen LogP contribution in [0.5, 0.6) is 5.75 Å². The lowest BCUT2D eigenvalue weighted by molar-refractivity contribution is -0.143. The van der Waals surface area contributed by atoms with Gasteiger partial charge in [0, 0.05) is 5.56 Å². The SMILES string of the molecule is CCOC(=O)CC(NC)C(=O)c1ccc(OCC)cc1. The first-order valence-corrected chi connectivity index (χ1v) is 6.72. The van der Waals surface area contributed by atoms with Gasteiger partial charge in [-0.15, -0.1) is 0 Å². The van der Waals surface area contributed by atoms with Crippen LogP contribution in [0.2, 0.25) is 0 Å². The molecular formula is C15H21NO4. The van der Waals surface area contributed by atoms with Crippen molar-refractivity contribution in [3.05, 3.63) is 29.8 Å². The van der Waals surface area contributed by atoms with E-state index < -0.39 is 6.04 Å².